The van der Waals surface area contributed by atoms with Gasteiger partial charge in [-0.1, -0.05) is 12.1 Å². The second-order valence-corrected chi connectivity index (χ2v) is 4.62. The van der Waals surface area contributed by atoms with Crippen molar-refractivity contribution in [2.75, 3.05) is 0 Å². The Labute approximate surface area is 132 Å². The molecule has 0 radical (unpaired) electrons. The van der Waals surface area contributed by atoms with E-state index in [1.165, 1.54) is 12.1 Å². The number of nitrogens with zero attached hydrogens (tertiary/aromatic N) is 2. The first kappa shape index (κ1) is 17.6. The lowest BCUT2D eigenvalue weighted by atomic mass is 10.1. The number of rotatable bonds is 3. The lowest BCUT2D eigenvalue weighted by Crippen LogP contribution is -2.17. The summed E-state index contributed by atoms with van der Waals surface area (Å²) in [5.41, 5.74) is -1.95. The fourth-order valence-corrected chi connectivity index (χ4v) is 1.96. The standard InChI is InChI=1S/C15H8F6N2O/c16-14(17,18)13-8-9(5-6-22)7-11(23-13)10-3-1-2-4-12(10)24-15(19,20)21/h1-4,7-8H,5H2. The number of benzene rings is 1. The largest absolute Gasteiger partial charge is 0.573 e. The Balaban J connectivity index is 2.60. The van der Waals surface area contributed by atoms with Gasteiger partial charge in [0.2, 0.25) is 0 Å². The van der Waals surface area contributed by atoms with Crippen LogP contribution >= 0.6 is 0 Å². The molecule has 0 saturated heterocycles. The monoisotopic (exact) mass is 346 g/mol. The van der Waals surface area contributed by atoms with E-state index in [9.17, 15) is 26.3 Å². The zero-order valence-corrected chi connectivity index (χ0v) is 11.7. The van der Waals surface area contributed by atoms with E-state index in [2.05, 4.69) is 9.72 Å². The molecule has 0 fully saturated rings. The first-order valence-corrected chi connectivity index (χ1v) is 6.40. The van der Waals surface area contributed by atoms with Crippen LogP contribution in [0.4, 0.5) is 26.3 Å². The summed E-state index contributed by atoms with van der Waals surface area (Å²) in [4.78, 5) is 3.37. The summed E-state index contributed by atoms with van der Waals surface area (Å²) >= 11 is 0. The van der Waals surface area contributed by atoms with E-state index in [0.29, 0.717) is 6.07 Å². The minimum Gasteiger partial charge on any atom is -0.405 e. The van der Waals surface area contributed by atoms with Crippen LogP contribution in [0.25, 0.3) is 11.3 Å². The molecule has 126 valence electrons. The topological polar surface area (TPSA) is 45.9 Å². The molecule has 0 saturated carbocycles. The molecule has 0 aliphatic heterocycles. The Morgan fingerprint density at radius 3 is 2.29 bits per heavy atom. The van der Waals surface area contributed by atoms with Crippen LogP contribution in [0.2, 0.25) is 0 Å². The Morgan fingerprint density at radius 2 is 1.71 bits per heavy atom. The minimum atomic E-state index is -5.01. The molecular formula is C15H8F6N2O. The fourth-order valence-electron chi connectivity index (χ4n) is 1.96. The zero-order chi connectivity index (χ0) is 18.0. The first-order valence-electron chi connectivity index (χ1n) is 6.40. The van der Waals surface area contributed by atoms with E-state index in [-0.39, 0.29) is 23.2 Å². The number of ether oxygens (including phenoxy) is 1. The molecule has 0 unspecified atom stereocenters. The highest BCUT2D eigenvalue weighted by molar-refractivity contribution is 5.68. The maximum atomic E-state index is 12.9. The van der Waals surface area contributed by atoms with Crippen molar-refractivity contribution in [2.24, 2.45) is 0 Å². The molecule has 1 aromatic heterocycles. The second kappa shape index (κ2) is 6.39. The summed E-state index contributed by atoms with van der Waals surface area (Å²) in [5, 5.41) is 8.66. The average Bonchev–Trinajstić information content (AvgIpc) is 2.45. The molecule has 2 rings (SSSR count). The molecule has 2 aromatic rings. The van der Waals surface area contributed by atoms with Crippen LogP contribution in [-0.2, 0) is 12.6 Å². The number of hydrogen-bond donors (Lipinski definition) is 0. The number of hydrogen-bond acceptors (Lipinski definition) is 3. The third-order valence-electron chi connectivity index (χ3n) is 2.85. The maximum absolute atomic E-state index is 12.9. The average molecular weight is 346 g/mol. The highest BCUT2D eigenvalue weighted by Crippen LogP contribution is 2.36. The van der Waals surface area contributed by atoms with Crippen molar-refractivity contribution in [3.05, 3.63) is 47.7 Å². The molecule has 0 spiro atoms. The van der Waals surface area contributed by atoms with Crippen molar-refractivity contribution in [3.8, 4) is 23.1 Å². The van der Waals surface area contributed by atoms with Crippen LogP contribution in [0.3, 0.4) is 0 Å². The summed E-state index contributed by atoms with van der Waals surface area (Å²) < 4.78 is 79.9. The van der Waals surface area contributed by atoms with Gasteiger partial charge >= 0.3 is 12.5 Å². The number of aromatic nitrogens is 1. The van der Waals surface area contributed by atoms with Crippen LogP contribution in [0, 0.1) is 11.3 Å². The van der Waals surface area contributed by atoms with Gasteiger partial charge in [0.15, 0.2) is 0 Å². The molecule has 0 aliphatic rings. The molecule has 3 nitrogen and oxygen atoms in total. The lowest BCUT2D eigenvalue weighted by Gasteiger charge is -2.15. The van der Waals surface area contributed by atoms with Gasteiger partial charge in [-0.2, -0.15) is 18.4 Å². The molecule has 9 heteroatoms. The molecule has 0 aliphatic carbocycles. The van der Waals surface area contributed by atoms with Crippen molar-refractivity contribution in [1.29, 1.82) is 5.26 Å². The first-order chi connectivity index (χ1) is 11.1. The van der Waals surface area contributed by atoms with Gasteiger partial charge in [-0.05, 0) is 29.8 Å². The van der Waals surface area contributed by atoms with Gasteiger partial charge in [-0.3, -0.25) is 0 Å². The summed E-state index contributed by atoms with van der Waals surface area (Å²) in [5.74, 6) is -0.681. The molecule has 24 heavy (non-hydrogen) atoms. The highest BCUT2D eigenvalue weighted by atomic mass is 19.4. The molecule has 1 aromatic carbocycles. The molecule has 0 atom stereocenters. The Morgan fingerprint density at radius 1 is 1.04 bits per heavy atom. The molecular weight excluding hydrogens is 338 g/mol. The predicted octanol–water partition coefficient (Wildman–Crippen LogP) is 4.73. The van der Waals surface area contributed by atoms with Crippen LogP contribution in [-0.4, -0.2) is 11.3 Å². The predicted molar refractivity (Wildman–Crippen MR) is 70.7 cm³/mol. The van der Waals surface area contributed by atoms with Crippen LogP contribution < -0.4 is 4.74 Å². The highest BCUT2D eigenvalue weighted by Gasteiger charge is 2.35. The molecule has 0 amide bonds. The van der Waals surface area contributed by atoms with Gasteiger partial charge in [0.05, 0.1) is 18.2 Å². The van der Waals surface area contributed by atoms with Crippen LogP contribution in [0.1, 0.15) is 11.3 Å². The maximum Gasteiger partial charge on any atom is 0.573 e. The quantitative estimate of drug-likeness (QED) is 0.755. The number of nitriles is 1. The van der Waals surface area contributed by atoms with Crippen molar-refractivity contribution in [1.82, 2.24) is 4.98 Å². The van der Waals surface area contributed by atoms with Gasteiger partial charge < -0.3 is 4.74 Å². The summed E-state index contributed by atoms with van der Waals surface area (Å²) in [6.07, 6.45) is -10.2. The fraction of sp³-hybridized carbons (Fsp3) is 0.200. The lowest BCUT2D eigenvalue weighted by molar-refractivity contribution is -0.274. The number of pyridine rings is 1. The summed E-state index contributed by atoms with van der Waals surface area (Å²) in [6.45, 7) is 0. The normalized spacial score (nSPS) is 11.9. The molecule has 1 heterocycles. The zero-order valence-electron chi connectivity index (χ0n) is 11.7. The van der Waals surface area contributed by atoms with Gasteiger partial charge in [0.25, 0.3) is 0 Å². The van der Waals surface area contributed by atoms with E-state index in [4.69, 9.17) is 5.26 Å². The second-order valence-electron chi connectivity index (χ2n) is 4.62. The van der Waals surface area contributed by atoms with Gasteiger partial charge in [-0.15, -0.1) is 13.2 Å². The van der Waals surface area contributed by atoms with E-state index >= 15 is 0 Å². The number of alkyl halides is 6. The van der Waals surface area contributed by atoms with Gasteiger partial charge in [0.1, 0.15) is 11.4 Å². The van der Waals surface area contributed by atoms with Gasteiger partial charge in [-0.25, -0.2) is 4.98 Å². The molecule has 0 bridgehead atoms. The van der Waals surface area contributed by atoms with E-state index in [1.54, 1.807) is 6.07 Å². The minimum absolute atomic E-state index is 0.0170. The third-order valence-corrected chi connectivity index (χ3v) is 2.85. The molecule has 0 N–H and O–H groups in total. The third kappa shape index (κ3) is 4.38. The summed E-state index contributed by atoms with van der Waals surface area (Å²) in [6, 6.07) is 8.19. The Hall–Kier alpha value is -2.76. The Bertz CT molecular complexity index is 777. The van der Waals surface area contributed by atoms with Crippen LogP contribution in [0.5, 0.6) is 5.75 Å². The van der Waals surface area contributed by atoms with Crippen molar-refractivity contribution < 1.29 is 31.1 Å². The van der Waals surface area contributed by atoms with E-state index in [1.807, 2.05) is 0 Å². The van der Waals surface area contributed by atoms with E-state index in [0.717, 1.165) is 18.2 Å². The van der Waals surface area contributed by atoms with Crippen molar-refractivity contribution in [3.63, 3.8) is 0 Å². The Kier molecular flexibility index (Phi) is 4.68. The number of para-hydroxylation sites is 1. The smallest absolute Gasteiger partial charge is 0.405 e. The SMILES string of the molecule is N#CCc1cc(-c2ccccc2OC(F)(F)F)nc(C(F)(F)F)c1. The number of halogens is 6. The van der Waals surface area contributed by atoms with Gasteiger partial charge in [0, 0.05) is 5.56 Å². The van der Waals surface area contributed by atoms with Crippen molar-refractivity contribution >= 4 is 0 Å². The van der Waals surface area contributed by atoms with Crippen molar-refractivity contribution in [2.45, 2.75) is 19.0 Å². The van der Waals surface area contributed by atoms with Crippen LogP contribution in [0.15, 0.2) is 36.4 Å². The summed E-state index contributed by atoms with van der Waals surface area (Å²) in [7, 11) is 0. The van der Waals surface area contributed by atoms with E-state index < -0.39 is 24.0 Å².